The molecule has 0 amide bonds. The fourth-order valence-corrected chi connectivity index (χ4v) is 1.35. The summed E-state index contributed by atoms with van der Waals surface area (Å²) in [5.74, 6) is 1.42. The topological polar surface area (TPSA) is 25.8 Å². The lowest BCUT2D eigenvalue weighted by molar-refractivity contribution is 0.801. The summed E-state index contributed by atoms with van der Waals surface area (Å²) in [4.78, 5) is 8.63. The van der Waals surface area contributed by atoms with Gasteiger partial charge in [0.2, 0.25) is 0 Å². The first kappa shape index (κ1) is 9.52. The van der Waals surface area contributed by atoms with Crippen molar-refractivity contribution in [3.63, 3.8) is 0 Å². The second-order valence-electron chi connectivity index (χ2n) is 3.02. The van der Waals surface area contributed by atoms with Crippen molar-refractivity contribution in [1.29, 1.82) is 0 Å². The third kappa shape index (κ3) is 2.48. The Morgan fingerprint density at radius 1 is 1.42 bits per heavy atom. The Labute approximate surface area is 77.8 Å². The highest BCUT2D eigenvalue weighted by molar-refractivity contribution is 7.97. The molecule has 0 aliphatic heterocycles. The molecule has 0 N–H and O–H groups in total. The molecule has 0 unspecified atom stereocenters. The SMILES string of the molecule is CSCc1cncc(C(C)C)n1. The Kier molecular flexibility index (Phi) is 3.53. The summed E-state index contributed by atoms with van der Waals surface area (Å²) in [5.41, 5.74) is 2.16. The van der Waals surface area contributed by atoms with Crippen molar-refractivity contribution in [2.24, 2.45) is 0 Å². The van der Waals surface area contributed by atoms with Crippen molar-refractivity contribution < 1.29 is 0 Å². The summed E-state index contributed by atoms with van der Waals surface area (Å²) >= 11 is 1.77. The molecule has 0 aromatic carbocycles. The largest absolute Gasteiger partial charge is 0.261 e. The zero-order chi connectivity index (χ0) is 8.97. The van der Waals surface area contributed by atoms with Crippen LogP contribution in [0.3, 0.4) is 0 Å². The lowest BCUT2D eigenvalue weighted by atomic mass is 10.1. The van der Waals surface area contributed by atoms with Crippen LogP contribution in [0.2, 0.25) is 0 Å². The maximum atomic E-state index is 4.48. The highest BCUT2D eigenvalue weighted by Crippen LogP contribution is 2.12. The predicted octanol–water partition coefficient (Wildman–Crippen LogP) is 2.46. The minimum absolute atomic E-state index is 0.472. The fourth-order valence-electron chi connectivity index (χ4n) is 0.919. The monoisotopic (exact) mass is 182 g/mol. The predicted molar refractivity (Wildman–Crippen MR) is 53.3 cm³/mol. The van der Waals surface area contributed by atoms with Gasteiger partial charge in [0.05, 0.1) is 11.4 Å². The minimum atomic E-state index is 0.472. The van der Waals surface area contributed by atoms with E-state index in [-0.39, 0.29) is 0 Å². The minimum Gasteiger partial charge on any atom is -0.261 e. The van der Waals surface area contributed by atoms with Gasteiger partial charge in [0.25, 0.3) is 0 Å². The molecule has 0 bridgehead atoms. The van der Waals surface area contributed by atoms with Gasteiger partial charge in [-0.25, -0.2) is 0 Å². The standard InChI is InChI=1S/C9H14N2S/c1-7(2)9-5-10-4-8(11-9)6-12-3/h4-5,7H,6H2,1-3H3. The summed E-state index contributed by atoms with van der Waals surface area (Å²) < 4.78 is 0. The van der Waals surface area contributed by atoms with Crippen LogP contribution in [0.25, 0.3) is 0 Å². The maximum Gasteiger partial charge on any atom is 0.0688 e. The third-order valence-electron chi connectivity index (χ3n) is 1.59. The first-order chi connectivity index (χ1) is 5.74. The van der Waals surface area contributed by atoms with Gasteiger partial charge in [0, 0.05) is 18.1 Å². The molecule has 0 saturated heterocycles. The van der Waals surface area contributed by atoms with E-state index < -0.39 is 0 Å². The van der Waals surface area contributed by atoms with Crippen molar-refractivity contribution in [1.82, 2.24) is 9.97 Å². The Bertz CT molecular complexity index is 248. The van der Waals surface area contributed by atoms with E-state index in [0.29, 0.717) is 5.92 Å². The second-order valence-corrected chi connectivity index (χ2v) is 3.89. The molecule has 0 aliphatic carbocycles. The molecule has 1 heterocycles. The Balaban J connectivity index is 2.81. The average Bonchev–Trinajstić information content (AvgIpc) is 2.05. The van der Waals surface area contributed by atoms with E-state index in [1.807, 2.05) is 12.4 Å². The molecule has 1 aromatic rings. The van der Waals surface area contributed by atoms with Crippen LogP contribution in [0, 0.1) is 0 Å². The van der Waals surface area contributed by atoms with Crippen LogP contribution in [0.4, 0.5) is 0 Å². The molecule has 12 heavy (non-hydrogen) atoms. The van der Waals surface area contributed by atoms with Crippen LogP contribution in [0.5, 0.6) is 0 Å². The molecular formula is C9H14N2S. The Morgan fingerprint density at radius 2 is 2.17 bits per heavy atom. The van der Waals surface area contributed by atoms with Crippen molar-refractivity contribution >= 4 is 11.8 Å². The van der Waals surface area contributed by atoms with Gasteiger partial charge in [-0.3, -0.25) is 9.97 Å². The van der Waals surface area contributed by atoms with Crippen LogP contribution in [-0.4, -0.2) is 16.2 Å². The summed E-state index contributed by atoms with van der Waals surface area (Å²) in [5, 5.41) is 0. The quantitative estimate of drug-likeness (QED) is 0.718. The van der Waals surface area contributed by atoms with E-state index in [1.165, 1.54) is 0 Å². The molecule has 66 valence electrons. The molecular weight excluding hydrogens is 168 g/mol. The van der Waals surface area contributed by atoms with Gasteiger partial charge in [-0.1, -0.05) is 13.8 Å². The van der Waals surface area contributed by atoms with Crippen LogP contribution in [-0.2, 0) is 5.75 Å². The van der Waals surface area contributed by atoms with E-state index in [0.717, 1.165) is 17.1 Å². The summed E-state index contributed by atoms with van der Waals surface area (Å²) in [6.07, 6.45) is 5.75. The Morgan fingerprint density at radius 3 is 2.75 bits per heavy atom. The number of hydrogen-bond acceptors (Lipinski definition) is 3. The summed E-state index contributed by atoms with van der Waals surface area (Å²) in [6, 6.07) is 0. The summed E-state index contributed by atoms with van der Waals surface area (Å²) in [6.45, 7) is 4.26. The van der Waals surface area contributed by atoms with E-state index >= 15 is 0 Å². The number of hydrogen-bond donors (Lipinski definition) is 0. The Hall–Kier alpha value is -0.570. The zero-order valence-corrected chi connectivity index (χ0v) is 8.56. The van der Waals surface area contributed by atoms with Crippen molar-refractivity contribution in [3.8, 4) is 0 Å². The number of aromatic nitrogens is 2. The molecule has 0 aliphatic rings. The lowest BCUT2D eigenvalue weighted by Gasteiger charge is -2.04. The first-order valence-electron chi connectivity index (χ1n) is 4.03. The van der Waals surface area contributed by atoms with Crippen molar-refractivity contribution in [2.45, 2.75) is 25.5 Å². The normalized spacial score (nSPS) is 10.7. The lowest BCUT2D eigenvalue weighted by Crippen LogP contribution is -1.97. The molecule has 0 spiro atoms. The molecule has 3 heteroatoms. The molecule has 2 nitrogen and oxygen atoms in total. The highest BCUT2D eigenvalue weighted by Gasteiger charge is 2.01. The van der Waals surface area contributed by atoms with E-state index in [1.54, 1.807) is 11.8 Å². The molecule has 0 fully saturated rings. The molecule has 1 rings (SSSR count). The van der Waals surface area contributed by atoms with Crippen LogP contribution < -0.4 is 0 Å². The van der Waals surface area contributed by atoms with Gasteiger partial charge in [0.15, 0.2) is 0 Å². The maximum absolute atomic E-state index is 4.48. The van der Waals surface area contributed by atoms with E-state index in [2.05, 4.69) is 30.1 Å². The van der Waals surface area contributed by atoms with Crippen LogP contribution in [0.15, 0.2) is 12.4 Å². The van der Waals surface area contributed by atoms with Gasteiger partial charge in [-0.05, 0) is 12.2 Å². The third-order valence-corrected chi connectivity index (χ3v) is 2.17. The van der Waals surface area contributed by atoms with E-state index in [9.17, 15) is 0 Å². The molecule has 0 atom stereocenters. The molecule has 1 aromatic heterocycles. The van der Waals surface area contributed by atoms with Gasteiger partial charge < -0.3 is 0 Å². The highest BCUT2D eigenvalue weighted by atomic mass is 32.2. The van der Waals surface area contributed by atoms with Gasteiger partial charge in [-0.2, -0.15) is 11.8 Å². The number of rotatable bonds is 3. The average molecular weight is 182 g/mol. The van der Waals surface area contributed by atoms with Crippen LogP contribution in [0.1, 0.15) is 31.2 Å². The fraction of sp³-hybridized carbons (Fsp3) is 0.556. The number of nitrogens with zero attached hydrogens (tertiary/aromatic N) is 2. The first-order valence-corrected chi connectivity index (χ1v) is 5.43. The molecule has 0 radical (unpaired) electrons. The van der Waals surface area contributed by atoms with Crippen LogP contribution >= 0.6 is 11.8 Å². The molecule has 0 saturated carbocycles. The summed E-state index contributed by atoms with van der Waals surface area (Å²) in [7, 11) is 0. The van der Waals surface area contributed by atoms with Crippen molar-refractivity contribution in [3.05, 3.63) is 23.8 Å². The van der Waals surface area contributed by atoms with Gasteiger partial charge >= 0.3 is 0 Å². The zero-order valence-electron chi connectivity index (χ0n) is 7.74. The van der Waals surface area contributed by atoms with Gasteiger partial charge in [0.1, 0.15) is 0 Å². The van der Waals surface area contributed by atoms with Crippen molar-refractivity contribution in [2.75, 3.05) is 6.26 Å². The van der Waals surface area contributed by atoms with E-state index in [4.69, 9.17) is 0 Å². The van der Waals surface area contributed by atoms with Gasteiger partial charge in [-0.15, -0.1) is 0 Å². The smallest absolute Gasteiger partial charge is 0.0688 e. The second kappa shape index (κ2) is 4.45. The number of thioether (sulfide) groups is 1.